The van der Waals surface area contributed by atoms with Crippen LogP contribution >= 0.6 is 22.9 Å². The molecule has 100 valence electrons. The highest BCUT2D eigenvalue weighted by molar-refractivity contribution is 7.10. The molecule has 1 aliphatic rings. The average Bonchev–Trinajstić information content (AvgIpc) is 2.88. The first-order valence-electron chi connectivity index (χ1n) is 6.42. The molecule has 0 bridgehead atoms. The van der Waals surface area contributed by atoms with E-state index in [1.807, 2.05) is 24.5 Å². The van der Waals surface area contributed by atoms with Gasteiger partial charge in [-0.3, -0.25) is 0 Å². The number of fused-ring (bicyclic) bond motifs is 1. The molecule has 0 radical (unpaired) electrons. The third kappa shape index (κ3) is 2.23. The summed E-state index contributed by atoms with van der Waals surface area (Å²) in [7, 11) is 0. The fourth-order valence-electron chi connectivity index (χ4n) is 2.62. The number of anilines is 1. The van der Waals surface area contributed by atoms with Crippen LogP contribution in [0, 0.1) is 6.92 Å². The maximum atomic E-state index is 6.03. The summed E-state index contributed by atoms with van der Waals surface area (Å²) in [6, 6.07) is 2.58. The molecular weight excluding hydrogens is 278 g/mol. The van der Waals surface area contributed by atoms with Gasteiger partial charge in [0.05, 0.1) is 11.9 Å². The minimum absolute atomic E-state index is 0.353. The smallest absolute Gasteiger partial charge is 0.137 e. The molecule has 3 heterocycles. The van der Waals surface area contributed by atoms with Gasteiger partial charge in [0.1, 0.15) is 11.6 Å². The minimum atomic E-state index is 0.353. The highest BCUT2D eigenvalue weighted by Gasteiger charge is 2.27. The number of nitrogens with zero attached hydrogens (tertiary/aromatic N) is 3. The van der Waals surface area contributed by atoms with Crippen LogP contribution in [0.15, 0.2) is 17.6 Å². The summed E-state index contributed by atoms with van der Waals surface area (Å²) < 4.78 is 0. The van der Waals surface area contributed by atoms with E-state index in [0.29, 0.717) is 11.9 Å². The van der Waals surface area contributed by atoms with Crippen LogP contribution < -0.4 is 4.90 Å². The molecule has 0 saturated heterocycles. The fraction of sp³-hybridized carbons (Fsp3) is 0.429. The normalized spacial score (nSPS) is 18.5. The molecule has 2 aromatic rings. The molecule has 0 spiro atoms. The summed E-state index contributed by atoms with van der Waals surface area (Å²) in [5.74, 6) is 2.24. The van der Waals surface area contributed by atoms with Crippen LogP contribution in [0.4, 0.5) is 5.82 Å². The molecule has 2 aromatic heterocycles. The summed E-state index contributed by atoms with van der Waals surface area (Å²) in [5, 5.41) is 2.18. The summed E-state index contributed by atoms with van der Waals surface area (Å²) >= 11 is 7.88. The van der Waals surface area contributed by atoms with Crippen molar-refractivity contribution in [1.29, 1.82) is 0 Å². The number of aromatic nitrogens is 2. The third-order valence-electron chi connectivity index (χ3n) is 3.66. The van der Waals surface area contributed by atoms with E-state index in [-0.39, 0.29) is 0 Å². The number of alkyl halides is 1. The lowest BCUT2D eigenvalue weighted by atomic mass is 10.0. The molecule has 19 heavy (non-hydrogen) atoms. The van der Waals surface area contributed by atoms with Crippen LogP contribution in [-0.4, -0.2) is 16.5 Å². The molecule has 3 rings (SSSR count). The molecule has 1 atom stereocenters. The zero-order chi connectivity index (χ0) is 13.4. The maximum absolute atomic E-state index is 6.03. The van der Waals surface area contributed by atoms with Gasteiger partial charge in [-0.2, -0.15) is 0 Å². The number of thiophene rings is 1. The number of rotatable bonds is 2. The summed E-state index contributed by atoms with van der Waals surface area (Å²) in [4.78, 5) is 12.7. The minimum Gasteiger partial charge on any atom is -0.349 e. The van der Waals surface area contributed by atoms with Gasteiger partial charge in [-0.05, 0) is 37.3 Å². The Morgan fingerprint density at radius 3 is 3.16 bits per heavy atom. The van der Waals surface area contributed by atoms with E-state index < -0.39 is 0 Å². The Morgan fingerprint density at radius 2 is 2.37 bits per heavy atom. The van der Waals surface area contributed by atoms with Gasteiger partial charge in [0, 0.05) is 23.2 Å². The van der Waals surface area contributed by atoms with Crippen molar-refractivity contribution in [2.24, 2.45) is 0 Å². The standard InChI is InChI=1S/C14H16ClN3S/c1-9-12-4-6-19-13(12)3-5-18(9)14-11(7-15)8-16-10(2)17-14/h4,6,8-9H,3,5,7H2,1-2H3. The summed E-state index contributed by atoms with van der Waals surface area (Å²) in [6.07, 6.45) is 2.93. The number of halogens is 1. The van der Waals surface area contributed by atoms with Crippen molar-refractivity contribution in [2.75, 3.05) is 11.4 Å². The van der Waals surface area contributed by atoms with Gasteiger partial charge in [0.15, 0.2) is 0 Å². The Bertz CT molecular complexity index is 596. The predicted octanol–water partition coefficient (Wildman–Crippen LogP) is 3.71. The van der Waals surface area contributed by atoms with Gasteiger partial charge >= 0.3 is 0 Å². The van der Waals surface area contributed by atoms with E-state index in [4.69, 9.17) is 11.6 Å². The maximum Gasteiger partial charge on any atom is 0.137 e. The van der Waals surface area contributed by atoms with Gasteiger partial charge in [-0.1, -0.05) is 0 Å². The van der Waals surface area contributed by atoms with Crippen LogP contribution in [0.2, 0.25) is 0 Å². The van der Waals surface area contributed by atoms with E-state index in [9.17, 15) is 0 Å². The van der Waals surface area contributed by atoms with E-state index in [1.54, 1.807) is 0 Å². The monoisotopic (exact) mass is 293 g/mol. The van der Waals surface area contributed by atoms with Crippen LogP contribution in [0.5, 0.6) is 0 Å². The zero-order valence-corrected chi connectivity index (χ0v) is 12.6. The fourth-order valence-corrected chi connectivity index (χ4v) is 3.78. The van der Waals surface area contributed by atoms with Gasteiger partial charge in [-0.25, -0.2) is 9.97 Å². The lowest BCUT2D eigenvalue weighted by Gasteiger charge is -2.35. The molecule has 0 fully saturated rings. The molecule has 5 heteroatoms. The van der Waals surface area contributed by atoms with Crippen molar-refractivity contribution >= 4 is 28.8 Å². The highest BCUT2D eigenvalue weighted by Crippen LogP contribution is 2.36. The highest BCUT2D eigenvalue weighted by atomic mass is 35.5. The first-order valence-corrected chi connectivity index (χ1v) is 7.83. The molecule has 0 saturated carbocycles. The molecule has 0 aliphatic carbocycles. The average molecular weight is 294 g/mol. The van der Waals surface area contributed by atoms with E-state index >= 15 is 0 Å². The van der Waals surface area contributed by atoms with E-state index in [1.165, 1.54) is 10.4 Å². The number of aryl methyl sites for hydroxylation is 1. The van der Waals surface area contributed by atoms with Crippen LogP contribution in [0.1, 0.15) is 34.8 Å². The van der Waals surface area contributed by atoms with Gasteiger partial charge in [0.25, 0.3) is 0 Å². The van der Waals surface area contributed by atoms with Crippen molar-refractivity contribution in [3.63, 3.8) is 0 Å². The molecular formula is C14H16ClN3S. The second-order valence-corrected chi connectivity index (χ2v) is 6.09. The first kappa shape index (κ1) is 12.9. The van der Waals surface area contributed by atoms with E-state index in [0.717, 1.165) is 30.2 Å². The van der Waals surface area contributed by atoms with Crippen LogP contribution in [0.3, 0.4) is 0 Å². The Morgan fingerprint density at radius 1 is 1.53 bits per heavy atom. The largest absolute Gasteiger partial charge is 0.349 e. The molecule has 1 aliphatic heterocycles. The van der Waals surface area contributed by atoms with E-state index in [2.05, 4.69) is 33.2 Å². The topological polar surface area (TPSA) is 29.0 Å². The number of hydrogen-bond donors (Lipinski definition) is 0. The Kier molecular flexibility index (Phi) is 3.46. The summed E-state index contributed by atoms with van der Waals surface area (Å²) in [6.45, 7) is 5.15. The second kappa shape index (κ2) is 5.10. The van der Waals surface area contributed by atoms with Crippen molar-refractivity contribution in [2.45, 2.75) is 32.2 Å². The molecule has 0 N–H and O–H groups in total. The van der Waals surface area contributed by atoms with Gasteiger partial charge in [0.2, 0.25) is 0 Å². The quantitative estimate of drug-likeness (QED) is 0.791. The molecule has 0 amide bonds. The zero-order valence-electron chi connectivity index (χ0n) is 11.1. The lowest BCUT2D eigenvalue weighted by Crippen LogP contribution is -2.34. The van der Waals surface area contributed by atoms with Crippen molar-refractivity contribution in [3.8, 4) is 0 Å². The van der Waals surface area contributed by atoms with Gasteiger partial charge in [-0.15, -0.1) is 22.9 Å². The van der Waals surface area contributed by atoms with Gasteiger partial charge < -0.3 is 4.90 Å². The van der Waals surface area contributed by atoms with Crippen LogP contribution in [0.25, 0.3) is 0 Å². The molecule has 0 aromatic carbocycles. The molecule has 1 unspecified atom stereocenters. The van der Waals surface area contributed by atoms with Crippen molar-refractivity contribution in [1.82, 2.24) is 9.97 Å². The van der Waals surface area contributed by atoms with Crippen LogP contribution in [-0.2, 0) is 12.3 Å². The molecule has 3 nitrogen and oxygen atoms in total. The van der Waals surface area contributed by atoms with Crippen molar-refractivity contribution < 1.29 is 0 Å². The first-order chi connectivity index (χ1) is 9.20. The predicted molar refractivity (Wildman–Crippen MR) is 80.1 cm³/mol. The Balaban J connectivity index is 2.02. The Hall–Kier alpha value is -1.13. The number of hydrogen-bond acceptors (Lipinski definition) is 4. The second-order valence-electron chi connectivity index (χ2n) is 4.82. The Labute approximate surface area is 122 Å². The summed E-state index contributed by atoms with van der Waals surface area (Å²) in [5.41, 5.74) is 2.44. The lowest BCUT2D eigenvalue weighted by molar-refractivity contribution is 0.620. The third-order valence-corrected chi connectivity index (χ3v) is 4.94. The SMILES string of the molecule is Cc1ncc(CCl)c(N2CCc3sccc3C2C)n1. The van der Waals surface area contributed by atoms with Crippen molar-refractivity contribution in [3.05, 3.63) is 39.5 Å².